The van der Waals surface area contributed by atoms with E-state index in [9.17, 15) is 5.11 Å². The van der Waals surface area contributed by atoms with Crippen LogP contribution in [0.25, 0.3) is 0 Å². The molecule has 0 spiro atoms. The summed E-state index contributed by atoms with van der Waals surface area (Å²) >= 11 is 1.72. The van der Waals surface area contributed by atoms with Crippen LogP contribution in [0, 0.1) is 0 Å². The Bertz CT molecular complexity index is 142. The molecule has 1 nitrogen and oxygen atoms in total. The van der Waals surface area contributed by atoms with E-state index in [-0.39, 0.29) is 6.10 Å². The predicted octanol–water partition coefficient (Wildman–Crippen LogP) is 2.21. The van der Waals surface area contributed by atoms with Gasteiger partial charge in [-0.05, 0) is 31.9 Å². The van der Waals surface area contributed by atoms with Crippen molar-refractivity contribution < 1.29 is 5.11 Å². The van der Waals surface area contributed by atoms with Gasteiger partial charge >= 0.3 is 0 Å². The molecule has 11 heavy (non-hydrogen) atoms. The molecule has 1 rings (SSSR count). The molecule has 1 atom stereocenters. The minimum absolute atomic E-state index is 0.116. The Morgan fingerprint density at radius 2 is 2.55 bits per heavy atom. The van der Waals surface area contributed by atoms with Gasteiger partial charge in [-0.15, -0.1) is 0 Å². The summed E-state index contributed by atoms with van der Waals surface area (Å²) in [5.74, 6) is 0.872. The second-order valence-corrected chi connectivity index (χ2v) is 3.98. The van der Waals surface area contributed by atoms with Crippen LogP contribution in [0.5, 0.6) is 0 Å². The Morgan fingerprint density at radius 1 is 1.73 bits per heavy atom. The van der Waals surface area contributed by atoms with Crippen LogP contribution in [0.4, 0.5) is 0 Å². The molecule has 2 heteroatoms. The van der Waals surface area contributed by atoms with E-state index < -0.39 is 0 Å². The molecule has 0 fully saturated rings. The molecule has 0 radical (unpaired) electrons. The molecule has 0 aromatic carbocycles. The standard InChI is InChI=1S/C9H16OS/c1-11-7-9(10)6-8-4-2-3-5-8/h4,9-10H,2-3,5-7H2,1H3. The summed E-state index contributed by atoms with van der Waals surface area (Å²) in [7, 11) is 0. The second-order valence-electron chi connectivity index (χ2n) is 3.07. The van der Waals surface area contributed by atoms with Crippen molar-refractivity contribution in [2.24, 2.45) is 0 Å². The summed E-state index contributed by atoms with van der Waals surface area (Å²) in [4.78, 5) is 0. The lowest BCUT2D eigenvalue weighted by Gasteiger charge is -2.08. The lowest BCUT2D eigenvalue weighted by Crippen LogP contribution is -2.09. The zero-order chi connectivity index (χ0) is 8.10. The number of hydrogen-bond acceptors (Lipinski definition) is 2. The van der Waals surface area contributed by atoms with Gasteiger partial charge in [0.15, 0.2) is 0 Å². The molecule has 1 unspecified atom stereocenters. The summed E-state index contributed by atoms with van der Waals surface area (Å²) in [6.45, 7) is 0. The van der Waals surface area contributed by atoms with Gasteiger partial charge in [0.2, 0.25) is 0 Å². The van der Waals surface area contributed by atoms with Crippen LogP contribution in [-0.2, 0) is 0 Å². The van der Waals surface area contributed by atoms with E-state index in [1.165, 1.54) is 24.8 Å². The topological polar surface area (TPSA) is 20.2 Å². The molecule has 1 aliphatic rings. The first-order valence-corrected chi connectivity index (χ1v) is 5.57. The van der Waals surface area contributed by atoms with Gasteiger partial charge in [0.25, 0.3) is 0 Å². The highest BCUT2D eigenvalue weighted by Crippen LogP contribution is 2.22. The molecule has 0 saturated heterocycles. The number of aliphatic hydroxyl groups excluding tert-OH is 1. The van der Waals surface area contributed by atoms with E-state index in [0.717, 1.165) is 12.2 Å². The maximum absolute atomic E-state index is 9.45. The lowest BCUT2D eigenvalue weighted by atomic mass is 10.1. The summed E-state index contributed by atoms with van der Waals surface area (Å²) in [6.07, 6.45) is 8.83. The van der Waals surface area contributed by atoms with Crippen LogP contribution >= 0.6 is 11.8 Å². The fourth-order valence-corrected chi connectivity index (χ4v) is 1.98. The van der Waals surface area contributed by atoms with Crippen molar-refractivity contribution in [3.05, 3.63) is 11.6 Å². The van der Waals surface area contributed by atoms with Crippen molar-refractivity contribution in [1.29, 1.82) is 0 Å². The molecule has 64 valence electrons. The van der Waals surface area contributed by atoms with Crippen LogP contribution in [0.3, 0.4) is 0 Å². The minimum atomic E-state index is -0.116. The van der Waals surface area contributed by atoms with Crippen molar-refractivity contribution in [2.45, 2.75) is 31.8 Å². The molecule has 0 saturated carbocycles. The Labute approximate surface area is 72.9 Å². The van der Waals surface area contributed by atoms with Gasteiger partial charge in [-0.1, -0.05) is 11.6 Å². The Kier molecular flexibility index (Phi) is 4.02. The van der Waals surface area contributed by atoms with E-state index in [4.69, 9.17) is 0 Å². The predicted molar refractivity (Wildman–Crippen MR) is 50.9 cm³/mol. The Hall–Kier alpha value is 0.0500. The third-order valence-corrected chi connectivity index (χ3v) is 2.71. The van der Waals surface area contributed by atoms with Crippen LogP contribution in [0.15, 0.2) is 11.6 Å². The van der Waals surface area contributed by atoms with Gasteiger partial charge in [0.1, 0.15) is 0 Å². The second kappa shape index (κ2) is 4.83. The Morgan fingerprint density at radius 3 is 3.09 bits per heavy atom. The number of rotatable bonds is 4. The summed E-state index contributed by atoms with van der Waals surface area (Å²) in [5, 5.41) is 9.45. The molecular formula is C9H16OS. The normalized spacial score (nSPS) is 20.0. The Balaban J connectivity index is 2.18. The first kappa shape index (κ1) is 9.14. The van der Waals surface area contributed by atoms with Crippen molar-refractivity contribution >= 4 is 11.8 Å². The molecule has 0 bridgehead atoms. The third-order valence-electron chi connectivity index (χ3n) is 1.99. The van der Waals surface area contributed by atoms with Crippen LogP contribution < -0.4 is 0 Å². The van der Waals surface area contributed by atoms with Crippen LogP contribution in [0.2, 0.25) is 0 Å². The fourth-order valence-electron chi connectivity index (χ4n) is 1.48. The monoisotopic (exact) mass is 172 g/mol. The van der Waals surface area contributed by atoms with Crippen molar-refractivity contribution in [2.75, 3.05) is 12.0 Å². The molecule has 1 aliphatic carbocycles. The summed E-state index contributed by atoms with van der Waals surface area (Å²) in [6, 6.07) is 0. The average molecular weight is 172 g/mol. The molecule has 0 heterocycles. The fraction of sp³-hybridized carbons (Fsp3) is 0.778. The number of allylic oxidation sites excluding steroid dienone is 1. The van der Waals surface area contributed by atoms with Crippen molar-refractivity contribution in [3.8, 4) is 0 Å². The van der Waals surface area contributed by atoms with E-state index in [1.54, 1.807) is 11.8 Å². The average Bonchev–Trinajstić information content (AvgIpc) is 2.40. The van der Waals surface area contributed by atoms with Gasteiger partial charge in [0.05, 0.1) is 6.10 Å². The number of aliphatic hydroxyl groups is 1. The highest BCUT2D eigenvalue weighted by molar-refractivity contribution is 7.98. The van der Waals surface area contributed by atoms with E-state index in [0.29, 0.717) is 0 Å². The van der Waals surface area contributed by atoms with Gasteiger partial charge in [0, 0.05) is 5.75 Å². The van der Waals surface area contributed by atoms with Gasteiger partial charge in [-0.25, -0.2) is 0 Å². The quantitative estimate of drug-likeness (QED) is 0.656. The van der Waals surface area contributed by atoms with Crippen LogP contribution in [0.1, 0.15) is 25.7 Å². The van der Waals surface area contributed by atoms with Crippen LogP contribution in [-0.4, -0.2) is 23.2 Å². The number of thioether (sulfide) groups is 1. The molecule has 0 aromatic heterocycles. The maximum Gasteiger partial charge on any atom is 0.0667 e. The van der Waals surface area contributed by atoms with E-state index in [1.807, 2.05) is 6.26 Å². The zero-order valence-corrected chi connectivity index (χ0v) is 7.86. The van der Waals surface area contributed by atoms with Gasteiger partial charge < -0.3 is 5.11 Å². The van der Waals surface area contributed by atoms with Crippen molar-refractivity contribution in [1.82, 2.24) is 0 Å². The summed E-state index contributed by atoms with van der Waals surface area (Å²) in [5.41, 5.74) is 1.46. The maximum atomic E-state index is 9.45. The zero-order valence-electron chi connectivity index (χ0n) is 7.05. The minimum Gasteiger partial charge on any atom is -0.392 e. The molecular weight excluding hydrogens is 156 g/mol. The molecule has 0 aromatic rings. The smallest absolute Gasteiger partial charge is 0.0667 e. The highest BCUT2D eigenvalue weighted by atomic mass is 32.2. The molecule has 0 amide bonds. The lowest BCUT2D eigenvalue weighted by molar-refractivity contribution is 0.199. The highest BCUT2D eigenvalue weighted by Gasteiger charge is 2.09. The first-order valence-electron chi connectivity index (χ1n) is 4.18. The largest absolute Gasteiger partial charge is 0.392 e. The molecule has 1 N–H and O–H groups in total. The van der Waals surface area contributed by atoms with E-state index >= 15 is 0 Å². The molecule has 0 aliphatic heterocycles. The van der Waals surface area contributed by atoms with Gasteiger partial charge in [-0.2, -0.15) is 11.8 Å². The summed E-state index contributed by atoms with van der Waals surface area (Å²) < 4.78 is 0. The van der Waals surface area contributed by atoms with Gasteiger partial charge in [-0.3, -0.25) is 0 Å². The SMILES string of the molecule is CSCC(O)CC1=CCCC1. The van der Waals surface area contributed by atoms with Crippen molar-refractivity contribution in [3.63, 3.8) is 0 Å². The number of hydrogen-bond donors (Lipinski definition) is 1. The third kappa shape index (κ3) is 3.30. The first-order chi connectivity index (χ1) is 5.33. The van der Waals surface area contributed by atoms with E-state index in [2.05, 4.69) is 6.08 Å².